The number of nitrogens with two attached hydrogens (primary N) is 1. The summed E-state index contributed by atoms with van der Waals surface area (Å²) in [5.74, 6) is 0.494. The molecule has 0 saturated carbocycles. The molecule has 4 nitrogen and oxygen atoms in total. The molecule has 1 amide bonds. The third-order valence-electron chi connectivity index (χ3n) is 1.55. The molecular formula is C8H7NO3. The van der Waals surface area contributed by atoms with Gasteiger partial charge in [-0.05, 0) is 12.1 Å². The zero-order chi connectivity index (χ0) is 8.55. The average molecular weight is 165 g/mol. The third kappa shape index (κ3) is 0.972. The Morgan fingerprint density at radius 2 is 1.75 bits per heavy atom. The molecule has 0 aromatic heterocycles. The fourth-order valence-corrected chi connectivity index (χ4v) is 1.02. The van der Waals surface area contributed by atoms with Crippen LogP contribution >= 0.6 is 0 Å². The quantitative estimate of drug-likeness (QED) is 0.649. The number of carbonyl (C=O) groups is 1. The van der Waals surface area contributed by atoms with Crippen molar-refractivity contribution in [2.24, 2.45) is 5.73 Å². The number of amides is 1. The molecule has 2 rings (SSSR count). The van der Waals surface area contributed by atoms with Crippen molar-refractivity contribution in [2.45, 2.75) is 6.29 Å². The maximum absolute atomic E-state index is 10.6. The number of ether oxygens (including phenoxy) is 2. The molecule has 1 aliphatic rings. The molecule has 0 saturated heterocycles. The lowest BCUT2D eigenvalue weighted by atomic mass is 10.3. The Kier molecular flexibility index (Phi) is 1.40. The molecule has 1 aromatic carbocycles. The van der Waals surface area contributed by atoms with Crippen LogP contribution in [0.15, 0.2) is 24.3 Å². The molecule has 0 spiro atoms. The van der Waals surface area contributed by atoms with E-state index in [2.05, 4.69) is 0 Å². The molecule has 1 aromatic rings. The Labute approximate surface area is 68.9 Å². The van der Waals surface area contributed by atoms with E-state index in [0.29, 0.717) is 11.5 Å². The SMILES string of the molecule is NC(=O)C1Oc2ccccc2O1. The first-order valence-electron chi connectivity index (χ1n) is 3.49. The number of fused-ring (bicyclic) bond motifs is 1. The number of hydrogen-bond donors (Lipinski definition) is 1. The van der Waals surface area contributed by atoms with E-state index in [1.54, 1.807) is 24.3 Å². The molecule has 0 aliphatic carbocycles. The predicted octanol–water partition coefficient (Wildman–Crippen LogP) is 0.269. The van der Waals surface area contributed by atoms with Crippen molar-refractivity contribution in [3.8, 4) is 11.5 Å². The smallest absolute Gasteiger partial charge is 0.321 e. The molecular weight excluding hydrogens is 158 g/mol. The van der Waals surface area contributed by atoms with Crippen LogP contribution in [0.1, 0.15) is 0 Å². The lowest BCUT2D eigenvalue weighted by molar-refractivity contribution is -0.133. The summed E-state index contributed by atoms with van der Waals surface area (Å²) in [6.45, 7) is 0. The van der Waals surface area contributed by atoms with Gasteiger partial charge in [-0.2, -0.15) is 0 Å². The van der Waals surface area contributed by atoms with E-state index in [0.717, 1.165) is 0 Å². The van der Waals surface area contributed by atoms with Crippen molar-refractivity contribution in [2.75, 3.05) is 0 Å². The van der Waals surface area contributed by atoms with Crippen molar-refractivity contribution < 1.29 is 14.3 Å². The van der Waals surface area contributed by atoms with E-state index in [-0.39, 0.29) is 0 Å². The molecule has 1 aliphatic heterocycles. The Bertz CT molecular complexity index is 299. The minimum absolute atomic E-state index is 0.557. The number of primary amides is 1. The van der Waals surface area contributed by atoms with Crippen molar-refractivity contribution >= 4 is 5.91 Å². The summed E-state index contributed by atoms with van der Waals surface area (Å²) in [5, 5.41) is 0. The van der Waals surface area contributed by atoms with Gasteiger partial charge in [0.2, 0.25) is 0 Å². The largest absolute Gasteiger partial charge is 0.442 e. The number of hydrogen-bond acceptors (Lipinski definition) is 3. The summed E-state index contributed by atoms with van der Waals surface area (Å²) in [6.07, 6.45) is -0.970. The van der Waals surface area contributed by atoms with E-state index in [1.807, 2.05) is 0 Å². The summed E-state index contributed by atoms with van der Waals surface area (Å²) >= 11 is 0. The van der Waals surface area contributed by atoms with Crippen LogP contribution in [0.5, 0.6) is 11.5 Å². The Balaban J connectivity index is 2.27. The van der Waals surface area contributed by atoms with Gasteiger partial charge in [-0.3, -0.25) is 4.79 Å². The van der Waals surface area contributed by atoms with Crippen molar-refractivity contribution in [1.82, 2.24) is 0 Å². The molecule has 0 unspecified atom stereocenters. The van der Waals surface area contributed by atoms with Gasteiger partial charge in [-0.1, -0.05) is 12.1 Å². The Morgan fingerprint density at radius 3 is 2.17 bits per heavy atom. The molecule has 0 bridgehead atoms. The van der Waals surface area contributed by atoms with Gasteiger partial charge in [0, 0.05) is 0 Å². The standard InChI is InChI=1S/C8H7NO3/c9-7(10)8-11-5-3-1-2-4-6(5)12-8/h1-4,8H,(H2,9,10). The van der Waals surface area contributed by atoms with Crippen LogP contribution < -0.4 is 15.2 Å². The molecule has 0 radical (unpaired) electrons. The maximum atomic E-state index is 10.6. The minimum atomic E-state index is -0.970. The Hall–Kier alpha value is -1.71. The molecule has 1 heterocycles. The molecule has 4 heteroatoms. The predicted molar refractivity (Wildman–Crippen MR) is 40.7 cm³/mol. The van der Waals surface area contributed by atoms with Gasteiger partial charge in [0.1, 0.15) is 0 Å². The van der Waals surface area contributed by atoms with Gasteiger partial charge >= 0.3 is 6.29 Å². The summed E-state index contributed by atoms with van der Waals surface area (Å²) in [7, 11) is 0. The molecule has 0 atom stereocenters. The van der Waals surface area contributed by atoms with Gasteiger partial charge in [-0.25, -0.2) is 0 Å². The van der Waals surface area contributed by atoms with E-state index in [1.165, 1.54) is 0 Å². The van der Waals surface area contributed by atoms with Crippen LogP contribution in [-0.2, 0) is 4.79 Å². The molecule has 12 heavy (non-hydrogen) atoms. The molecule has 2 N–H and O–H groups in total. The van der Waals surface area contributed by atoms with Crippen LogP contribution in [-0.4, -0.2) is 12.2 Å². The number of rotatable bonds is 1. The lowest BCUT2D eigenvalue weighted by Gasteiger charge is -2.03. The van der Waals surface area contributed by atoms with Gasteiger partial charge in [0.15, 0.2) is 11.5 Å². The first-order chi connectivity index (χ1) is 5.77. The first kappa shape index (κ1) is 6.97. The van der Waals surface area contributed by atoms with Gasteiger partial charge in [0.05, 0.1) is 0 Å². The normalized spacial score (nSPS) is 14.7. The zero-order valence-corrected chi connectivity index (χ0v) is 6.19. The fourth-order valence-electron chi connectivity index (χ4n) is 1.02. The monoisotopic (exact) mass is 165 g/mol. The van der Waals surface area contributed by atoms with Crippen LogP contribution in [0.25, 0.3) is 0 Å². The number of para-hydroxylation sites is 2. The van der Waals surface area contributed by atoms with Crippen molar-refractivity contribution in [3.05, 3.63) is 24.3 Å². The highest BCUT2D eigenvalue weighted by molar-refractivity contribution is 5.79. The molecule has 0 fully saturated rings. The topological polar surface area (TPSA) is 61.6 Å². The van der Waals surface area contributed by atoms with E-state index >= 15 is 0 Å². The van der Waals surface area contributed by atoms with Crippen LogP contribution in [0.4, 0.5) is 0 Å². The second-order valence-corrected chi connectivity index (χ2v) is 2.42. The number of carbonyl (C=O) groups excluding carboxylic acids is 1. The van der Waals surface area contributed by atoms with E-state index in [9.17, 15) is 4.79 Å². The third-order valence-corrected chi connectivity index (χ3v) is 1.55. The van der Waals surface area contributed by atoms with Crippen molar-refractivity contribution in [3.63, 3.8) is 0 Å². The zero-order valence-electron chi connectivity index (χ0n) is 6.19. The van der Waals surface area contributed by atoms with E-state index < -0.39 is 12.2 Å². The van der Waals surface area contributed by atoms with Crippen LogP contribution in [0.3, 0.4) is 0 Å². The summed E-state index contributed by atoms with van der Waals surface area (Å²) in [5.41, 5.74) is 4.99. The maximum Gasteiger partial charge on any atom is 0.321 e. The summed E-state index contributed by atoms with van der Waals surface area (Å²) in [6, 6.07) is 7.04. The summed E-state index contributed by atoms with van der Waals surface area (Å²) in [4.78, 5) is 10.6. The second-order valence-electron chi connectivity index (χ2n) is 2.42. The van der Waals surface area contributed by atoms with E-state index in [4.69, 9.17) is 15.2 Å². The lowest BCUT2D eigenvalue weighted by Crippen LogP contribution is -2.35. The highest BCUT2D eigenvalue weighted by Gasteiger charge is 2.27. The first-order valence-corrected chi connectivity index (χ1v) is 3.49. The highest BCUT2D eigenvalue weighted by atomic mass is 16.7. The number of benzene rings is 1. The fraction of sp³-hybridized carbons (Fsp3) is 0.125. The summed E-state index contributed by atoms with van der Waals surface area (Å²) < 4.78 is 10.1. The van der Waals surface area contributed by atoms with Crippen molar-refractivity contribution in [1.29, 1.82) is 0 Å². The van der Waals surface area contributed by atoms with Gasteiger partial charge < -0.3 is 15.2 Å². The second kappa shape index (κ2) is 2.41. The minimum Gasteiger partial charge on any atom is -0.442 e. The van der Waals surface area contributed by atoms with Crippen LogP contribution in [0.2, 0.25) is 0 Å². The van der Waals surface area contributed by atoms with Crippen LogP contribution in [0, 0.1) is 0 Å². The highest BCUT2D eigenvalue weighted by Crippen LogP contribution is 2.33. The van der Waals surface area contributed by atoms with Gasteiger partial charge in [-0.15, -0.1) is 0 Å². The Morgan fingerprint density at radius 1 is 1.25 bits per heavy atom. The van der Waals surface area contributed by atoms with Gasteiger partial charge in [0.25, 0.3) is 5.91 Å². The molecule has 62 valence electrons. The average Bonchev–Trinajstić information content (AvgIpc) is 2.46.